The molecule has 0 heterocycles. The SMILES string of the molecule is C=CCN(C)CC=C(C)C.Cl. The molecule has 0 fully saturated rings. The summed E-state index contributed by atoms with van der Waals surface area (Å²) < 4.78 is 0. The van der Waals surface area contributed by atoms with Crippen LogP contribution in [0.1, 0.15) is 13.8 Å². The van der Waals surface area contributed by atoms with Crippen molar-refractivity contribution in [2.45, 2.75) is 13.8 Å². The summed E-state index contributed by atoms with van der Waals surface area (Å²) >= 11 is 0. The molecule has 0 aliphatic rings. The monoisotopic (exact) mass is 175 g/mol. The van der Waals surface area contributed by atoms with Gasteiger partial charge in [0.05, 0.1) is 0 Å². The molecular weight excluding hydrogens is 158 g/mol. The molecule has 0 spiro atoms. The van der Waals surface area contributed by atoms with Crippen LogP contribution in [0.3, 0.4) is 0 Å². The summed E-state index contributed by atoms with van der Waals surface area (Å²) in [4.78, 5) is 2.21. The second-order valence-electron chi connectivity index (χ2n) is 2.79. The van der Waals surface area contributed by atoms with Gasteiger partial charge in [0.25, 0.3) is 0 Å². The highest BCUT2D eigenvalue weighted by atomic mass is 35.5. The molecular formula is C9H18ClN. The first kappa shape index (κ1) is 13.3. The van der Waals surface area contributed by atoms with Crippen LogP contribution in [-0.2, 0) is 0 Å². The van der Waals surface area contributed by atoms with E-state index in [1.807, 2.05) is 6.08 Å². The Morgan fingerprint density at radius 2 is 1.91 bits per heavy atom. The van der Waals surface area contributed by atoms with Gasteiger partial charge in [-0.25, -0.2) is 0 Å². The van der Waals surface area contributed by atoms with Crippen LogP contribution in [-0.4, -0.2) is 25.0 Å². The van der Waals surface area contributed by atoms with Crippen molar-refractivity contribution in [1.29, 1.82) is 0 Å². The van der Waals surface area contributed by atoms with Crippen molar-refractivity contribution >= 4 is 12.4 Å². The molecule has 0 saturated carbocycles. The molecule has 1 nitrogen and oxygen atoms in total. The molecule has 0 aromatic heterocycles. The van der Waals surface area contributed by atoms with Gasteiger partial charge in [-0.05, 0) is 20.9 Å². The minimum atomic E-state index is 0. The Balaban J connectivity index is 0. The van der Waals surface area contributed by atoms with Crippen LogP contribution in [0.15, 0.2) is 24.3 Å². The number of allylic oxidation sites excluding steroid dienone is 1. The topological polar surface area (TPSA) is 3.24 Å². The molecule has 0 atom stereocenters. The maximum Gasteiger partial charge on any atom is 0.0165 e. The fraction of sp³-hybridized carbons (Fsp3) is 0.556. The summed E-state index contributed by atoms with van der Waals surface area (Å²) in [5.74, 6) is 0. The maximum absolute atomic E-state index is 3.67. The Morgan fingerprint density at radius 3 is 2.27 bits per heavy atom. The fourth-order valence-corrected chi connectivity index (χ4v) is 0.633. The zero-order valence-corrected chi connectivity index (χ0v) is 8.45. The van der Waals surface area contributed by atoms with Crippen LogP contribution in [0.4, 0.5) is 0 Å². The molecule has 0 amide bonds. The zero-order valence-electron chi connectivity index (χ0n) is 7.63. The van der Waals surface area contributed by atoms with Crippen LogP contribution in [0.25, 0.3) is 0 Å². The predicted octanol–water partition coefficient (Wildman–Crippen LogP) is 2.49. The number of hydrogen-bond donors (Lipinski definition) is 0. The van der Waals surface area contributed by atoms with E-state index in [1.165, 1.54) is 5.57 Å². The van der Waals surface area contributed by atoms with Gasteiger partial charge < -0.3 is 0 Å². The van der Waals surface area contributed by atoms with Crippen molar-refractivity contribution in [1.82, 2.24) is 4.90 Å². The van der Waals surface area contributed by atoms with Crippen molar-refractivity contribution in [3.63, 3.8) is 0 Å². The third-order valence-electron chi connectivity index (χ3n) is 1.25. The van der Waals surface area contributed by atoms with Crippen molar-refractivity contribution < 1.29 is 0 Å². The highest BCUT2D eigenvalue weighted by Crippen LogP contribution is 1.90. The lowest BCUT2D eigenvalue weighted by molar-refractivity contribution is 0.412. The fourth-order valence-electron chi connectivity index (χ4n) is 0.633. The molecule has 0 aromatic rings. The Labute approximate surface area is 76.2 Å². The molecule has 0 aliphatic carbocycles. The summed E-state index contributed by atoms with van der Waals surface area (Å²) in [5.41, 5.74) is 1.37. The summed E-state index contributed by atoms with van der Waals surface area (Å²) in [6, 6.07) is 0. The smallest absolute Gasteiger partial charge is 0.0165 e. The van der Waals surface area contributed by atoms with Gasteiger partial charge in [-0.15, -0.1) is 19.0 Å². The number of hydrogen-bond acceptors (Lipinski definition) is 1. The van der Waals surface area contributed by atoms with Crippen LogP contribution in [0.5, 0.6) is 0 Å². The van der Waals surface area contributed by atoms with Crippen molar-refractivity contribution in [3.05, 3.63) is 24.3 Å². The first-order valence-electron chi connectivity index (χ1n) is 3.59. The van der Waals surface area contributed by atoms with Crippen LogP contribution in [0.2, 0.25) is 0 Å². The average molecular weight is 176 g/mol. The molecule has 0 N–H and O–H groups in total. The minimum Gasteiger partial charge on any atom is -0.299 e. The normalized spacial score (nSPS) is 8.73. The Hall–Kier alpha value is -0.270. The average Bonchev–Trinajstić information content (AvgIpc) is 1.85. The second kappa shape index (κ2) is 7.83. The van der Waals surface area contributed by atoms with Crippen LogP contribution >= 0.6 is 12.4 Å². The summed E-state index contributed by atoms with van der Waals surface area (Å²) in [6.45, 7) is 9.88. The molecule has 11 heavy (non-hydrogen) atoms. The third-order valence-corrected chi connectivity index (χ3v) is 1.25. The Kier molecular flexibility index (Phi) is 9.49. The van der Waals surface area contributed by atoms with Gasteiger partial charge in [0.1, 0.15) is 0 Å². The van der Waals surface area contributed by atoms with Crippen molar-refractivity contribution in [2.24, 2.45) is 0 Å². The minimum absolute atomic E-state index is 0. The van der Waals surface area contributed by atoms with Gasteiger partial charge in [0, 0.05) is 13.1 Å². The first-order valence-corrected chi connectivity index (χ1v) is 3.59. The van der Waals surface area contributed by atoms with Crippen molar-refractivity contribution in [2.75, 3.05) is 20.1 Å². The second-order valence-corrected chi connectivity index (χ2v) is 2.79. The van der Waals surface area contributed by atoms with E-state index in [-0.39, 0.29) is 12.4 Å². The highest BCUT2D eigenvalue weighted by Gasteiger charge is 1.88. The Bertz CT molecular complexity index is 126. The largest absolute Gasteiger partial charge is 0.299 e. The van der Waals surface area contributed by atoms with Gasteiger partial charge >= 0.3 is 0 Å². The molecule has 0 aliphatic heterocycles. The van der Waals surface area contributed by atoms with Gasteiger partial charge in [0.2, 0.25) is 0 Å². The standard InChI is InChI=1S/C9H17N.ClH/c1-5-7-10(4)8-6-9(2)3;/h5-6H,1,7-8H2,2-4H3;1H. The molecule has 0 unspecified atom stereocenters. The van der Waals surface area contributed by atoms with Crippen LogP contribution in [0, 0.1) is 0 Å². The molecule has 0 bridgehead atoms. The van der Waals surface area contributed by atoms with E-state index in [9.17, 15) is 0 Å². The van der Waals surface area contributed by atoms with E-state index in [0.717, 1.165) is 13.1 Å². The van der Waals surface area contributed by atoms with Gasteiger partial charge in [0.15, 0.2) is 0 Å². The highest BCUT2D eigenvalue weighted by molar-refractivity contribution is 5.85. The van der Waals surface area contributed by atoms with E-state index in [2.05, 4.69) is 38.5 Å². The number of halogens is 1. The first-order chi connectivity index (χ1) is 4.66. The van der Waals surface area contributed by atoms with E-state index in [1.54, 1.807) is 0 Å². The van der Waals surface area contributed by atoms with Crippen molar-refractivity contribution in [3.8, 4) is 0 Å². The molecule has 66 valence electrons. The van der Waals surface area contributed by atoms with E-state index >= 15 is 0 Å². The van der Waals surface area contributed by atoms with Gasteiger partial charge in [-0.1, -0.05) is 17.7 Å². The summed E-state index contributed by atoms with van der Waals surface area (Å²) in [7, 11) is 2.08. The van der Waals surface area contributed by atoms with Crippen LogP contribution < -0.4 is 0 Å². The van der Waals surface area contributed by atoms with Gasteiger partial charge in [-0.2, -0.15) is 0 Å². The molecule has 0 radical (unpaired) electrons. The number of rotatable bonds is 4. The van der Waals surface area contributed by atoms with E-state index in [0.29, 0.717) is 0 Å². The lowest BCUT2D eigenvalue weighted by atomic mass is 10.3. The molecule has 0 aromatic carbocycles. The van der Waals surface area contributed by atoms with E-state index in [4.69, 9.17) is 0 Å². The maximum atomic E-state index is 3.67. The molecule has 2 heteroatoms. The van der Waals surface area contributed by atoms with Gasteiger partial charge in [-0.3, -0.25) is 4.90 Å². The summed E-state index contributed by atoms with van der Waals surface area (Å²) in [5, 5.41) is 0. The third kappa shape index (κ3) is 9.73. The number of nitrogens with zero attached hydrogens (tertiary/aromatic N) is 1. The summed E-state index contributed by atoms with van der Waals surface area (Å²) in [6.07, 6.45) is 4.13. The molecule has 0 rings (SSSR count). The number of likely N-dealkylation sites (N-methyl/N-ethyl adjacent to an activating group) is 1. The Morgan fingerprint density at radius 1 is 1.36 bits per heavy atom. The zero-order chi connectivity index (χ0) is 7.98. The predicted molar refractivity (Wildman–Crippen MR) is 54.4 cm³/mol. The molecule has 0 saturated heterocycles. The van der Waals surface area contributed by atoms with E-state index < -0.39 is 0 Å². The lowest BCUT2D eigenvalue weighted by Gasteiger charge is -2.10. The quantitative estimate of drug-likeness (QED) is 0.594. The lowest BCUT2D eigenvalue weighted by Crippen LogP contribution is -2.17.